The molecule has 110 valence electrons. The molecule has 0 aliphatic heterocycles. The van der Waals surface area contributed by atoms with Crippen LogP contribution in [0.4, 0.5) is 0 Å². The molecule has 1 rings (SSSR count). The third kappa shape index (κ3) is 6.62. The van der Waals surface area contributed by atoms with Crippen LogP contribution in [0, 0.1) is 18.4 Å². The second-order valence-electron chi connectivity index (χ2n) is 5.40. The van der Waals surface area contributed by atoms with Gasteiger partial charge in [0, 0.05) is 10.8 Å². The van der Waals surface area contributed by atoms with Gasteiger partial charge in [-0.3, -0.25) is 0 Å². The molecule has 0 fully saturated rings. The van der Waals surface area contributed by atoms with Crippen LogP contribution in [0.15, 0.2) is 29.2 Å². The van der Waals surface area contributed by atoms with Gasteiger partial charge >= 0.3 is 0 Å². The number of aryl methyl sites for hydroxylation is 1. The zero-order valence-corrected chi connectivity index (χ0v) is 14.9. The Labute approximate surface area is 126 Å². The first kappa shape index (κ1) is 17.3. The number of benzene rings is 1. The predicted molar refractivity (Wildman–Crippen MR) is 87.9 cm³/mol. The molecule has 0 N–H and O–H groups in total. The second-order valence-corrected chi connectivity index (χ2v) is 14.0. The van der Waals surface area contributed by atoms with E-state index in [1.54, 1.807) is 24.3 Å². The molecule has 0 spiro atoms. The lowest BCUT2D eigenvalue weighted by Gasteiger charge is -2.05. The van der Waals surface area contributed by atoms with Crippen molar-refractivity contribution in [1.82, 2.24) is 0 Å². The summed E-state index contributed by atoms with van der Waals surface area (Å²) in [4.78, 5) is 0.310. The van der Waals surface area contributed by atoms with Crippen LogP contribution in [0.1, 0.15) is 5.56 Å². The van der Waals surface area contributed by atoms with E-state index in [1.165, 1.54) is 0 Å². The molecular weight excluding hydrogens is 308 g/mol. The summed E-state index contributed by atoms with van der Waals surface area (Å²) in [6.07, 6.45) is 0. The molecule has 0 aliphatic carbocycles. The first-order valence-electron chi connectivity index (χ1n) is 6.25. The van der Waals surface area contributed by atoms with Gasteiger partial charge in [-0.25, -0.2) is 8.42 Å². The van der Waals surface area contributed by atoms with Crippen LogP contribution in [0.5, 0.6) is 0 Å². The number of rotatable bonds is 5. The van der Waals surface area contributed by atoms with Gasteiger partial charge in [-0.15, -0.1) is 5.54 Å². The van der Waals surface area contributed by atoms with Gasteiger partial charge in [0.25, 0.3) is 0 Å². The van der Waals surface area contributed by atoms with Gasteiger partial charge in [0.1, 0.15) is 20.6 Å². The Kier molecular flexibility index (Phi) is 6.33. The Bertz CT molecular complexity index is 590. The lowest BCUT2D eigenvalue weighted by atomic mass is 10.2. The number of ether oxygens (including phenoxy) is 1. The number of hydrogen-bond acceptors (Lipinski definition) is 4. The Morgan fingerprint density at radius 2 is 1.80 bits per heavy atom. The Morgan fingerprint density at radius 3 is 2.35 bits per heavy atom. The zero-order valence-electron chi connectivity index (χ0n) is 12.3. The van der Waals surface area contributed by atoms with Crippen molar-refractivity contribution >= 4 is 27.7 Å². The van der Waals surface area contributed by atoms with Gasteiger partial charge in [-0.05, 0) is 19.1 Å². The van der Waals surface area contributed by atoms with E-state index in [4.69, 9.17) is 4.74 Å². The van der Waals surface area contributed by atoms with Crippen LogP contribution < -0.4 is 0 Å². The lowest BCUT2D eigenvalue weighted by Crippen LogP contribution is -2.16. The molecule has 0 bridgehead atoms. The molecule has 0 aliphatic rings. The fourth-order valence-corrected chi connectivity index (χ4v) is 4.08. The van der Waals surface area contributed by atoms with E-state index >= 15 is 0 Å². The largest absolute Gasteiger partial charge is 0.357 e. The maximum atomic E-state index is 12.0. The Hall–Kier alpha value is -0.743. The van der Waals surface area contributed by atoms with Gasteiger partial charge in [0.2, 0.25) is 8.87 Å². The highest BCUT2D eigenvalue weighted by atomic mass is 33.1. The quantitative estimate of drug-likeness (QED) is 0.273. The van der Waals surface area contributed by atoms with Crippen LogP contribution in [-0.4, -0.2) is 29.0 Å². The Morgan fingerprint density at radius 1 is 1.20 bits per heavy atom. The highest BCUT2D eigenvalue weighted by molar-refractivity contribution is 8.72. The fourth-order valence-electron chi connectivity index (χ4n) is 1.26. The van der Waals surface area contributed by atoms with Crippen molar-refractivity contribution in [3.05, 3.63) is 29.8 Å². The van der Waals surface area contributed by atoms with Crippen molar-refractivity contribution in [2.75, 3.05) is 12.5 Å². The normalized spacial score (nSPS) is 11.8. The van der Waals surface area contributed by atoms with Crippen molar-refractivity contribution in [2.24, 2.45) is 0 Å². The van der Waals surface area contributed by atoms with Gasteiger partial charge in [-0.1, -0.05) is 43.3 Å². The van der Waals surface area contributed by atoms with E-state index < -0.39 is 16.9 Å². The van der Waals surface area contributed by atoms with E-state index in [2.05, 4.69) is 31.1 Å². The van der Waals surface area contributed by atoms with Crippen LogP contribution >= 0.6 is 10.8 Å². The van der Waals surface area contributed by atoms with Crippen molar-refractivity contribution < 1.29 is 13.2 Å². The molecule has 0 amide bonds. The highest BCUT2D eigenvalue weighted by Gasteiger charge is 2.14. The maximum Gasteiger partial charge on any atom is 0.232 e. The minimum Gasteiger partial charge on any atom is -0.357 e. The van der Waals surface area contributed by atoms with Crippen molar-refractivity contribution in [1.29, 1.82) is 0 Å². The maximum absolute atomic E-state index is 12.0. The molecule has 0 saturated carbocycles. The molecule has 0 aromatic heterocycles. The third-order valence-corrected chi connectivity index (χ3v) is 6.38. The average molecular weight is 329 g/mol. The molecule has 0 unspecified atom stereocenters. The van der Waals surface area contributed by atoms with Gasteiger partial charge in [0.15, 0.2) is 0 Å². The van der Waals surface area contributed by atoms with Gasteiger partial charge in [0.05, 0.1) is 4.90 Å². The van der Waals surface area contributed by atoms with E-state index in [0.717, 1.165) is 16.4 Å². The summed E-state index contributed by atoms with van der Waals surface area (Å²) in [5.74, 6) is 3.03. The summed E-state index contributed by atoms with van der Waals surface area (Å²) >= 11 is 0. The van der Waals surface area contributed by atoms with Crippen LogP contribution in [0.2, 0.25) is 19.6 Å². The Balaban J connectivity index is 2.45. The third-order valence-electron chi connectivity index (χ3n) is 2.23. The van der Waals surface area contributed by atoms with E-state index in [9.17, 15) is 8.42 Å². The predicted octanol–water partition coefficient (Wildman–Crippen LogP) is 3.27. The molecule has 6 heteroatoms. The topological polar surface area (TPSA) is 43.4 Å². The molecule has 20 heavy (non-hydrogen) atoms. The summed E-state index contributed by atoms with van der Waals surface area (Å²) in [6.45, 7) is 8.65. The summed E-state index contributed by atoms with van der Waals surface area (Å²) in [7, 11) is -3.93. The van der Waals surface area contributed by atoms with E-state index in [0.29, 0.717) is 4.90 Å². The minimum atomic E-state index is -3.34. The zero-order chi connectivity index (χ0) is 15.2. The van der Waals surface area contributed by atoms with Crippen molar-refractivity contribution in [2.45, 2.75) is 31.5 Å². The fraction of sp³-hybridized carbons (Fsp3) is 0.429. The number of hydrogen-bond donors (Lipinski definition) is 0. The van der Waals surface area contributed by atoms with Gasteiger partial charge in [-0.2, -0.15) is 0 Å². The standard InChI is InChI=1S/C14H20O3S2Si/c1-13-6-8-14(9-7-13)19(15,16)18-12-17-10-5-11-20(2,3)4/h6-9H,10,12H2,1-4H3. The molecule has 0 saturated heterocycles. The minimum absolute atomic E-state index is 0.0938. The highest BCUT2D eigenvalue weighted by Crippen LogP contribution is 2.23. The molecule has 0 atom stereocenters. The van der Waals surface area contributed by atoms with Crippen LogP contribution in [0.25, 0.3) is 0 Å². The first-order valence-corrected chi connectivity index (χ1v) is 12.7. The summed E-state index contributed by atoms with van der Waals surface area (Å²) in [5.41, 5.74) is 4.20. The summed E-state index contributed by atoms with van der Waals surface area (Å²) < 4.78 is 29.2. The SMILES string of the molecule is Cc1ccc(S(=O)(=O)SCOCC#C[Si](C)(C)C)cc1. The molecular formula is C14H20O3S2Si. The smallest absolute Gasteiger partial charge is 0.232 e. The molecule has 1 aromatic rings. The average Bonchev–Trinajstić information content (AvgIpc) is 2.33. The lowest BCUT2D eigenvalue weighted by molar-refractivity contribution is 0.223. The van der Waals surface area contributed by atoms with E-state index in [-0.39, 0.29) is 12.5 Å². The summed E-state index contributed by atoms with van der Waals surface area (Å²) in [6, 6.07) is 6.80. The van der Waals surface area contributed by atoms with Crippen molar-refractivity contribution in [3.63, 3.8) is 0 Å². The molecule has 3 nitrogen and oxygen atoms in total. The van der Waals surface area contributed by atoms with Crippen molar-refractivity contribution in [3.8, 4) is 11.5 Å². The van der Waals surface area contributed by atoms with Crippen LogP contribution in [0.3, 0.4) is 0 Å². The summed E-state index contributed by atoms with van der Waals surface area (Å²) in [5, 5.41) is 0. The first-order chi connectivity index (χ1) is 9.21. The van der Waals surface area contributed by atoms with Crippen LogP contribution in [-0.2, 0) is 13.6 Å². The molecule has 0 heterocycles. The molecule has 0 radical (unpaired) electrons. The monoisotopic (exact) mass is 328 g/mol. The van der Waals surface area contributed by atoms with Gasteiger partial charge < -0.3 is 4.74 Å². The second kappa shape index (κ2) is 7.32. The molecule has 1 aromatic carbocycles. The van der Waals surface area contributed by atoms with E-state index in [1.807, 2.05) is 6.92 Å².